The molecule has 0 bridgehead atoms. The summed E-state index contributed by atoms with van der Waals surface area (Å²) in [5.41, 5.74) is 5.48. The first kappa shape index (κ1) is 13.7. The molecule has 5 nitrogen and oxygen atoms in total. The van der Waals surface area contributed by atoms with Gasteiger partial charge in [0.1, 0.15) is 0 Å². The summed E-state index contributed by atoms with van der Waals surface area (Å²) in [7, 11) is 0. The molecule has 0 aliphatic rings. The third kappa shape index (κ3) is 3.85. The molecule has 5 heteroatoms. The SMILES string of the molecule is CCC(CCN)CNc1nccn(CC)c1=O. The van der Waals surface area contributed by atoms with Crippen molar-refractivity contribution in [1.29, 1.82) is 0 Å². The molecule has 0 saturated heterocycles. The number of rotatable bonds is 7. The number of aromatic nitrogens is 2. The fourth-order valence-corrected chi connectivity index (χ4v) is 1.74. The number of nitrogens with zero attached hydrogens (tertiary/aromatic N) is 2. The van der Waals surface area contributed by atoms with Gasteiger partial charge in [0.25, 0.3) is 5.56 Å². The van der Waals surface area contributed by atoms with Crippen molar-refractivity contribution in [2.75, 3.05) is 18.4 Å². The van der Waals surface area contributed by atoms with E-state index < -0.39 is 0 Å². The molecule has 17 heavy (non-hydrogen) atoms. The zero-order valence-corrected chi connectivity index (χ0v) is 10.6. The smallest absolute Gasteiger partial charge is 0.293 e. The Labute approximate surface area is 102 Å². The Morgan fingerprint density at radius 3 is 2.88 bits per heavy atom. The maximum Gasteiger partial charge on any atom is 0.293 e. The van der Waals surface area contributed by atoms with Gasteiger partial charge in [-0.05, 0) is 25.8 Å². The van der Waals surface area contributed by atoms with Gasteiger partial charge in [-0.3, -0.25) is 4.79 Å². The first-order valence-electron chi connectivity index (χ1n) is 6.22. The molecule has 1 atom stereocenters. The number of hydrogen-bond acceptors (Lipinski definition) is 4. The van der Waals surface area contributed by atoms with Crippen LogP contribution in [-0.2, 0) is 6.54 Å². The molecule has 1 rings (SSSR count). The minimum absolute atomic E-state index is 0.0578. The fraction of sp³-hybridized carbons (Fsp3) is 0.667. The molecule has 0 aromatic carbocycles. The highest BCUT2D eigenvalue weighted by atomic mass is 16.1. The first-order valence-corrected chi connectivity index (χ1v) is 6.22. The lowest BCUT2D eigenvalue weighted by molar-refractivity contribution is 0.500. The van der Waals surface area contributed by atoms with Crippen molar-refractivity contribution in [3.63, 3.8) is 0 Å². The summed E-state index contributed by atoms with van der Waals surface area (Å²) in [6, 6.07) is 0. The van der Waals surface area contributed by atoms with Crippen molar-refractivity contribution in [2.24, 2.45) is 11.7 Å². The second-order valence-corrected chi connectivity index (χ2v) is 4.10. The minimum Gasteiger partial charge on any atom is -0.365 e. The molecule has 1 aromatic heterocycles. The molecular formula is C12H22N4O. The normalized spacial score (nSPS) is 12.4. The summed E-state index contributed by atoms with van der Waals surface area (Å²) in [5.74, 6) is 0.932. The molecular weight excluding hydrogens is 216 g/mol. The van der Waals surface area contributed by atoms with Crippen LogP contribution in [0.1, 0.15) is 26.7 Å². The summed E-state index contributed by atoms with van der Waals surface area (Å²) in [5, 5.41) is 3.12. The monoisotopic (exact) mass is 238 g/mol. The molecule has 96 valence electrons. The predicted octanol–water partition coefficient (Wildman–Crippen LogP) is 1.05. The average molecular weight is 238 g/mol. The van der Waals surface area contributed by atoms with Gasteiger partial charge in [-0.25, -0.2) is 4.98 Å². The zero-order valence-electron chi connectivity index (χ0n) is 10.6. The third-order valence-electron chi connectivity index (χ3n) is 2.96. The fourth-order valence-electron chi connectivity index (χ4n) is 1.74. The Bertz CT molecular complexity index is 388. The molecule has 0 spiro atoms. The van der Waals surface area contributed by atoms with Gasteiger partial charge in [-0.2, -0.15) is 0 Å². The lowest BCUT2D eigenvalue weighted by Crippen LogP contribution is -2.26. The highest BCUT2D eigenvalue weighted by Gasteiger charge is 2.08. The second-order valence-electron chi connectivity index (χ2n) is 4.10. The number of nitrogens with one attached hydrogen (secondary N) is 1. The van der Waals surface area contributed by atoms with Crippen molar-refractivity contribution >= 4 is 5.82 Å². The molecule has 3 N–H and O–H groups in total. The summed E-state index contributed by atoms with van der Waals surface area (Å²) >= 11 is 0. The van der Waals surface area contributed by atoms with Gasteiger partial charge in [0.15, 0.2) is 5.82 Å². The van der Waals surface area contributed by atoms with Crippen LogP contribution in [0.3, 0.4) is 0 Å². The van der Waals surface area contributed by atoms with Crippen LogP contribution in [0.5, 0.6) is 0 Å². The molecule has 0 amide bonds. The maximum atomic E-state index is 11.9. The Balaban J connectivity index is 2.65. The van der Waals surface area contributed by atoms with Gasteiger partial charge in [0.2, 0.25) is 0 Å². The lowest BCUT2D eigenvalue weighted by atomic mass is 10.0. The van der Waals surface area contributed by atoms with Gasteiger partial charge >= 0.3 is 0 Å². The zero-order chi connectivity index (χ0) is 12.7. The van der Waals surface area contributed by atoms with E-state index in [1.165, 1.54) is 0 Å². The van der Waals surface area contributed by atoms with Crippen molar-refractivity contribution in [2.45, 2.75) is 33.2 Å². The van der Waals surface area contributed by atoms with Gasteiger partial charge in [-0.1, -0.05) is 13.3 Å². The van der Waals surface area contributed by atoms with Crippen LogP contribution in [0, 0.1) is 5.92 Å². The molecule has 0 fully saturated rings. The molecule has 0 saturated carbocycles. The average Bonchev–Trinajstić information content (AvgIpc) is 2.36. The van der Waals surface area contributed by atoms with Gasteiger partial charge in [0, 0.05) is 25.5 Å². The topological polar surface area (TPSA) is 72.9 Å². The van der Waals surface area contributed by atoms with Crippen molar-refractivity contribution in [3.05, 3.63) is 22.7 Å². The van der Waals surface area contributed by atoms with Crippen LogP contribution < -0.4 is 16.6 Å². The quantitative estimate of drug-likeness (QED) is 0.744. The predicted molar refractivity (Wildman–Crippen MR) is 70.1 cm³/mol. The highest BCUT2D eigenvalue weighted by molar-refractivity contribution is 5.30. The molecule has 1 aromatic rings. The molecule has 0 radical (unpaired) electrons. The second kappa shape index (κ2) is 7.06. The summed E-state index contributed by atoms with van der Waals surface area (Å²) in [4.78, 5) is 15.9. The Hall–Kier alpha value is -1.36. The Morgan fingerprint density at radius 2 is 2.29 bits per heavy atom. The van der Waals surface area contributed by atoms with Crippen molar-refractivity contribution < 1.29 is 0 Å². The third-order valence-corrected chi connectivity index (χ3v) is 2.96. The molecule has 1 unspecified atom stereocenters. The van der Waals surface area contributed by atoms with Crippen LogP contribution in [0.25, 0.3) is 0 Å². The van der Waals surface area contributed by atoms with Gasteiger partial charge in [-0.15, -0.1) is 0 Å². The van der Waals surface area contributed by atoms with E-state index in [-0.39, 0.29) is 5.56 Å². The first-order chi connectivity index (χ1) is 8.22. The number of anilines is 1. The van der Waals surface area contributed by atoms with Crippen molar-refractivity contribution in [3.8, 4) is 0 Å². The van der Waals surface area contributed by atoms with Crippen LogP contribution in [0.4, 0.5) is 5.82 Å². The standard InChI is InChI=1S/C12H22N4O/c1-3-10(5-6-13)9-15-11-12(17)16(4-2)8-7-14-11/h7-8,10H,3-6,9,13H2,1-2H3,(H,14,15). The van der Waals surface area contributed by atoms with E-state index in [2.05, 4.69) is 17.2 Å². The van der Waals surface area contributed by atoms with Crippen molar-refractivity contribution in [1.82, 2.24) is 9.55 Å². The van der Waals surface area contributed by atoms with Crippen LogP contribution in [0.15, 0.2) is 17.2 Å². The van der Waals surface area contributed by atoms with E-state index in [9.17, 15) is 4.79 Å². The summed E-state index contributed by atoms with van der Waals surface area (Å²) < 4.78 is 1.64. The van der Waals surface area contributed by atoms with Crippen LogP contribution in [-0.4, -0.2) is 22.6 Å². The van der Waals surface area contributed by atoms with E-state index in [1.807, 2.05) is 6.92 Å². The maximum absolute atomic E-state index is 11.9. The Morgan fingerprint density at radius 1 is 1.53 bits per heavy atom. The van der Waals surface area contributed by atoms with E-state index in [1.54, 1.807) is 17.0 Å². The number of aryl methyl sites for hydroxylation is 1. The summed E-state index contributed by atoms with van der Waals surface area (Å²) in [6.45, 7) is 6.17. The van der Waals surface area contributed by atoms with Crippen LogP contribution in [0.2, 0.25) is 0 Å². The minimum atomic E-state index is -0.0578. The molecule has 1 heterocycles. The largest absolute Gasteiger partial charge is 0.365 e. The van der Waals surface area contributed by atoms with E-state index in [0.717, 1.165) is 19.4 Å². The van der Waals surface area contributed by atoms with E-state index >= 15 is 0 Å². The highest BCUT2D eigenvalue weighted by Crippen LogP contribution is 2.07. The van der Waals surface area contributed by atoms with Gasteiger partial charge < -0.3 is 15.6 Å². The summed E-state index contributed by atoms with van der Waals surface area (Å²) in [6.07, 6.45) is 5.37. The lowest BCUT2D eigenvalue weighted by Gasteiger charge is -2.15. The Kier molecular flexibility index (Phi) is 5.69. The molecule has 0 aliphatic heterocycles. The number of nitrogens with two attached hydrogens (primary N) is 1. The van der Waals surface area contributed by atoms with Gasteiger partial charge in [0.05, 0.1) is 0 Å². The van der Waals surface area contributed by atoms with E-state index in [4.69, 9.17) is 5.73 Å². The number of hydrogen-bond donors (Lipinski definition) is 2. The van der Waals surface area contributed by atoms with E-state index in [0.29, 0.717) is 24.8 Å². The van der Waals surface area contributed by atoms with Crippen LogP contribution >= 0.6 is 0 Å². The molecule has 0 aliphatic carbocycles.